The molecule has 1 amide bonds. The van der Waals surface area contributed by atoms with E-state index in [0.717, 1.165) is 68.8 Å². The molecule has 0 radical (unpaired) electrons. The number of nitrogens with one attached hydrogen (secondary N) is 1. The molecular weight excluding hydrogens is 530 g/mol. The Morgan fingerprint density at radius 2 is 1.58 bits per heavy atom. The largest absolute Gasteiger partial charge is 0.380 e. The van der Waals surface area contributed by atoms with Crippen molar-refractivity contribution in [3.05, 3.63) is 97.0 Å². The van der Waals surface area contributed by atoms with Crippen LogP contribution >= 0.6 is 0 Å². The highest BCUT2D eigenvalue weighted by atomic mass is 16.1. The number of para-hydroxylation sites is 2. The van der Waals surface area contributed by atoms with Gasteiger partial charge in [-0.05, 0) is 66.0 Å². The zero-order valence-corrected chi connectivity index (χ0v) is 25.2. The summed E-state index contributed by atoms with van der Waals surface area (Å²) in [4.78, 5) is 21.9. The van der Waals surface area contributed by atoms with Gasteiger partial charge in [0.2, 0.25) is 0 Å². The minimum atomic E-state index is -0.531. The van der Waals surface area contributed by atoms with Crippen LogP contribution in [0.25, 0.3) is 49.5 Å². The van der Waals surface area contributed by atoms with E-state index in [2.05, 4.69) is 97.2 Å². The van der Waals surface area contributed by atoms with Crippen LogP contribution in [0.4, 0.5) is 5.69 Å². The summed E-state index contributed by atoms with van der Waals surface area (Å²) in [6.45, 7) is 9.31. The summed E-state index contributed by atoms with van der Waals surface area (Å²) in [5.41, 5.74) is 13.4. The highest BCUT2D eigenvalue weighted by Gasteiger charge is 2.38. The van der Waals surface area contributed by atoms with Crippen molar-refractivity contribution >= 4 is 44.3 Å². The number of anilines is 1. The van der Waals surface area contributed by atoms with Crippen molar-refractivity contribution in [1.82, 2.24) is 14.5 Å². The molecule has 3 aromatic heterocycles. The summed E-state index contributed by atoms with van der Waals surface area (Å²) >= 11 is 0. The molecule has 3 heterocycles. The standard InChI is InChI=1S/C37H37N5O/c1-36(2)18-25(19-37(3,4)22-36)41-30-17-26(21-40-34(30)35(38)43)42-31-14-8-6-11-28(31)33-27(12-9-15-32(33)42)24-16-23-10-5-7-13-29(23)39-20-24/h5-17,20-21,25,41H,18-19,22H2,1-4H3,(H2,38,43). The third-order valence-electron chi connectivity index (χ3n) is 8.88. The van der Waals surface area contributed by atoms with Gasteiger partial charge in [0, 0.05) is 34.0 Å². The fourth-order valence-electron chi connectivity index (χ4n) is 7.81. The zero-order valence-electron chi connectivity index (χ0n) is 25.2. The molecule has 0 spiro atoms. The lowest BCUT2D eigenvalue weighted by atomic mass is 9.63. The Hall–Kier alpha value is -4.71. The summed E-state index contributed by atoms with van der Waals surface area (Å²) in [6, 6.07) is 27.5. The maximum Gasteiger partial charge on any atom is 0.269 e. The molecule has 3 aromatic carbocycles. The van der Waals surface area contributed by atoms with E-state index in [0.29, 0.717) is 5.69 Å². The molecule has 0 atom stereocenters. The van der Waals surface area contributed by atoms with E-state index in [1.165, 1.54) is 0 Å². The monoisotopic (exact) mass is 567 g/mol. The molecule has 1 saturated carbocycles. The van der Waals surface area contributed by atoms with Crippen LogP contribution in [0.5, 0.6) is 0 Å². The van der Waals surface area contributed by atoms with Crippen LogP contribution in [0, 0.1) is 10.8 Å². The van der Waals surface area contributed by atoms with Gasteiger partial charge in [-0.25, -0.2) is 4.98 Å². The Kier molecular flexibility index (Phi) is 6.27. The summed E-state index contributed by atoms with van der Waals surface area (Å²) in [5, 5.41) is 7.11. The third-order valence-corrected chi connectivity index (χ3v) is 8.88. The van der Waals surface area contributed by atoms with E-state index in [9.17, 15) is 4.79 Å². The summed E-state index contributed by atoms with van der Waals surface area (Å²) in [7, 11) is 0. The molecule has 0 saturated heterocycles. The summed E-state index contributed by atoms with van der Waals surface area (Å²) < 4.78 is 2.24. The first-order chi connectivity index (χ1) is 20.6. The number of fused-ring (bicyclic) bond motifs is 4. The average molecular weight is 568 g/mol. The first kappa shape index (κ1) is 27.1. The Bertz CT molecular complexity index is 2020. The zero-order chi connectivity index (χ0) is 29.9. The van der Waals surface area contributed by atoms with Crippen molar-refractivity contribution in [3.8, 4) is 16.8 Å². The molecule has 0 unspecified atom stereocenters. The Morgan fingerprint density at radius 1 is 0.860 bits per heavy atom. The molecule has 6 nitrogen and oxygen atoms in total. The number of pyridine rings is 2. The molecule has 6 aromatic rings. The smallest absolute Gasteiger partial charge is 0.269 e. The van der Waals surface area contributed by atoms with E-state index >= 15 is 0 Å². The van der Waals surface area contributed by atoms with Crippen LogP contribution in [0.15, 0.2) is 91.3 Å². The van der Waals surface area contributed by atoms with Crippen molar-refractivity contribution in [1.29, 1.82) is 0 Å². The second kappa shape index (κ2) is 9.94. The van der Waals surface area contributed by atoms with Crippen molar-refractivity contribution < 1.29 is 4.79 Å². The number of amides is 1. The van der Waals surface area contributed by atoms with Crippen LogP contribution in [0.3, 0.4) is 0 Å². The van der Waals surface area contributed by atoms with E-state index in [1.807, 2.05) is 30.5 Å². The Balaban J connectivity index is 1.40. The maximum atomic E-state index is 12.5. The third kappa shape index (κ3) is 4.91. The van der Waals surface area contributed by atoms with Crippen LogP contribution in [0.2, 0.25) is 0 Å². The molecule has 0 bridgehead atoms. The number of primary amides is 1. The van der Waals surface area contributed by atoms with Gasteiger partial charge < -0.3 is 15.6 Å². The maximum absolute atomic E-state index is 12.5. The Labute approximate surface area is 252 Å². The number of aromatic nitrogens is 3. The highest BCUT2D eigenvalue weighted by Crippen LogP contribution is 2.47. The number of nitrogens with zero attached hydrogens (tertiary/aromatic N) is 3. The molecule has 7 rings (SSSR count). The van der Waals surface area contributed by atoms with Crippen LogP contribution < -0.4 is 11.1 Å². The molecule has 1 fully saturated rings. The van der Waals surface area contributed by atoms with Gasteiger partial charge in [-0.2, -0.15) is 0 Å². The minimum absolute atomic E-state index is 0.193. The fraction of sp³-hybridized carbons (Fsp3) is 0.270. The molecule has 1 aliphatic carbocycles. The predicted molar refractivity (Wildman–Crippen MR) is 177 cm³/mol. The number of nitrogens with two attached hydrogens (primary N) is 1. The molecular formula is C37H37N5O. The predicted octanol–water partition coefficient (Wildman–Crippen LogP) is 8.51. The van der Waals surface area contributed by atoms with Crippen molar-refractivity contribution in [2.45, 2.75) is 53.0 Å². The number of carbonyl (C=O) groups excluding carboxylic acids is 1. The Morgan fingerprint density at radius 3 is 2.37 bits per heavy atom. The van der Waals surface area contributed by atoms with Gasteiger partial charge in [-0.1, -0.05) is 76.2 Å². The summed E-state index contributed by atoms with van der Waals surface area (Å²) in [6.07, 6.45) is 6.90. The number of benzene rings is 3. The first-order valence-corrected chi connectivity index (χ1v) is 15.0. The van der Waals surface area contributed by atoms with Crippen molar-refractivity contribution in [3.63, 3.8) is 0 Å². The van der Waals surface area contributed by atoms with Crippen molar-refractivity contribution in [2.75, 3.05) is 5.32 Å². The molecule has 0 aliphatic heterocycles. The quantitative estimate of drug-likeness (QED) is 0.219. The van der Waals surface area contributed by atoms with Gasteiger partial charge in [0.15, 0.2) is 5.69 Å². The number of hydrogen-bond acceptors (Lipinski definition) is 4. The molecule has 3 N–H and O–H groups in total. The highest BCUT2D eigenvalue weighted by molar-refractivity contribution is 6.16. The van der Waals surface area contributed by atoms with E-state index < -0.39 is 5.91 Å². The topological polar surface area (TPSA) is 85.8 Å². The SMILES string of the molecule is CC1(C)CC(Nc2cc(-n3c4ccccc4c4c(-c5cnc6ccccc6c5)cccc43)cnc2C(N)=O)CC(C)(C)C1. The normalized spacial score (nSPS) is 16.6. The van der Waals surface area contributed by atoms with E-state index in [-0.39, 0.29) is 22.6 Å². The molecule has 216 valence electrons. The van der Waals surface area contributed by atoms with Gasteiger partial charge in [-0.3, -0.25) is 9.78 Å². The molecule has 43 heavy (non-hydrogen) atoms. The van der Waals surface area contributed by atoms with Crippen LogP contribution in [0.1, 0.15) is 57.4 Å². The number of carbonyl (C=O) groups is 1. The second-order valence-electron chi connectivity index (χ2n) is 13.7. The molecule has 6 heteroatoms. The average Bonchev–Trinajstić information content (AvgIpc) is 3.30. The lowest BCUT2D eigenvalue weighted by Crippen LogP contribution is -2.40. The first-order valence-electron chi connectivity index (χ1n) is 15.0. The summed E-state index contributed by atoms with van der Waals surface area (Å²) in [5.74, 6) is -0.531. The van der Waals surface area contributed by atoms with Gasteiger partial charge in [0.05, 0.1) is 34.1 Å². The molecule has 1 aliphatic rings. The van der Waals surface area contributed by atoms with Gasteiger partial charge in [0.1, 0.15) is 0 Å². The van der Waals surface area contributed by atoms with Crippen molar-refractivity contribution in [2.24, 2.45) is 16.6 Å². The fourth-order valence-corrected chi connectivity index (χ4v) is 7.81. The van der Waals surface area contributed by atoms with E-state index in [1.54, 1.807) is 6.20 Å². The minimum Gasteiger partial charge on any atom is -0.380 e. The van der Waals surface area contributed by atoms with Gasteiger partial charge in [0.25, 0.3) is 5.91 Å². The number of rotatable bonds is 5. The van der Waals surface area contributed by atoms with Crippen LogP contribution in [-0.4, -0.2) is 26.5 Å². The lowest BCUT2D eigenvalue weighted by molar-refractivity contribution is 0.0995. The van der Waals surface area contributed by atoms with E-state index in [4.69, 9.17) is 10.7 Å². The number of hydrogen-bond donors (Lipinski definition) is 2. The van der Waals surface area contributed by atoms with Gasteiger partial charge >= 0.3 is 0 Å². The van der Waals surface area contributed by atoms with Crippen LogP contribution in [-0.2, 0) is 0 Å². The van der Waals surface area contributed by atoms with Gasteiger partial charge in [-0.15, -0.1) is 0 Å². The second-order valence-corrected chi connectivity index (χ2v) is 13.7. The lowest BCUT2D eigenvalue weighted by Gasteiger charge is -2.45.